The standard InChI is InChI=1S/C16H15N5O/c17-14-10-12(4-5-19-14)16-20-6-7-21(16)13-3-1-2-11(8-13)9-15(18)22/h1-8,10H,9H2,(H2,17,19)(H2,18,22). The monoisotopic (exact) mass is 293 g/mol. The molecule has 0 fully saturated rings. The van der Waals surface area contributed by atoms with E-state index in [1.54, 1.807) is 18.5 Å². The largest absolute Gasteiger partial charge is 0.384 e. The van der Waals surface area contributed by atoms with Crippen molar-refractivity contribution in [1.82, 2.24) is 14.5 Å². The molecule has 0 aliphatic carbocycles. The zero-order valence-corrected chi connectivity index (χ0v) is 11.8. The number of nitrogens with zero attached hydrogens (tertiary/aromatic N) is 3. The minimum atomic E-state index is -0.357. The third-order valence-electron chi connectivity index (χ3n) is 3.25. The first-order valence-corrected chi connectivity index (χ1v) is 6.76. The first kappa shape index (κ1) is 13.8. The maximum atomic E-state index is 11.1. The molecular weight excluding hydrogens is 278 g/mol. The predicted molar refractivity (Wildman–Crippen MR) is 84.1 cm³/mol. The zero-order chi connectivity index (χ0) is 15.5. The molecule has 0 saturated carbocycles. The van der Waals surface area contributed by atoms with Gasteiger partial charge >= 0.3 is 0 Å². The van der Waals surface area contributed by atoms with Crippen LogP contribution in [-0.4, -0.2) is 20.4 Å². The van der Waals surface area contributed by atoms with Crippen molar-refractivity contribution in [3.8, 4) is 17.1 Å². The summed E-state index contributed by atoms with van der Waals surface area (Å²) in [7, 11) is 0. The minimum absolute atomic E-state index is 0.208. The third-order valence-corrected chi connectivity index (χ3v) is 3.25. The van der Waals surface area contributed by atoms with Gasteiger partial charge in [0.05, 0.1) is 6.42 Å². The van der Waals surface area contributed by atoms with Gasteiger partial charge in [-0.15, -0.1) is 0 Å². The van der Waals surface area contributed by atoms with E-state index in [0.29, 0.717) is 5.82 Å². The molecule has 0 saturated heterocycles. The first-order chi connectivity index (χ1) is 10.6. The summed E-state index contributed by atoms with van der Waals surface area (Å²) in [6.45, 7) is 0. The van der Waals surface area contributed by atoms with Gasteiger partial charge in [0.15, 0.2) is 0 Å². The number of primary amides is 1. The maximum Gasteiger partial charge on any atom is 0.221 e. The average Bonchev–Trinajstić information content (AvgIpc) is 2.96. The lowest BCUT2D eigenvalue weighted by Crippen LogP contribution is -2.13. The van der Waals surface area contributed by atoms with E-state index in [1.807, 2.05) is 41.1 Å². The van der Waals surface area contributed by atoms with E-state index in [9.17, 15) is 4.79 Å². The Hall–Kier alpha value is -3.15. The van der Waals surface area contributed by atoms with E-state index in [2.05, 4.69) is 9.97 Å². The van der Waals surface area contributed by atoms with Crippen LogP contribution in [0.15, 0.2) is 55.0 Å². The van der Waals surface area contributed by atoms with Crippen molar-refractivity contribution < 1.29 is 4.79 Å². The number of hydrogen-bond acceptors (Lipinski definition) is 4. The summed E-state index contributed by atoms with van der Waals surface area (Å²) in [6.07, 6.45) is 5.43. The number of carbonyl (C=O) groups excluding carboxylic acids is 1. The number of hydrogen-bond donors (Lipinski definition) is 2. The number of nitrogens with two attached hydrogens (primary N) is 2. The van der Waals surface area contributed by atoms with Gasteiger partial charge in [-0.05, 0) is 29.8 Å². The molecule has 0 spiro atoms. The van der Waals surface area contributed by atoms with Crippen molar-refractivity contribution in [3.63, 3.8) is 0 Å². The number of imidazole rings is 1. The second-order valence-electron chi connectivity index (χ2n) is 4.90. The number of anilines is 1. The van der Waals surface area contributed by atoms with Crippen molar-refractivity contribution in [2.24, 2.45) is 5.73 Å². The molecule has 4 N–H and O–H groups in total. The van der Waals surface area contributed by atoms with E-state index in [1.165, 1.54) is 0 Å². The van der Waals surface area contributed by atoms with E-state index < -0.39 is 0 Å². The van der Waals surface area contributed by atoms with Crippen LogP contribution in [-0.2, 0) is 11.2 Å². The van der Waals surface area contributed by atoms with Gasteiger partial charge in [0.1, 0.15) is 11.6 Å². The zero-order valence-electron chi connectivity index (χ0n) is 11.8. The van der Waals surface area contributed by atoms with Crippen LogP contribution in [0.2, 0.25) is 0 Å². The fraction of sp³-hybridized carbons (Fsp3) is 0.0625. The van der Waals surface area contributed by atoms with Gasteiger partial charge in [0.2, 0.25) is 5.91 Å². The molecule has 0 aliphatic rings. The van der Waals surface area contributed by atoms with Crippen LogP contribution in [0.25, 0.3) is 17.1 Å². The Morgan fingerprint density at radius 2 is 2.00 bits per heavy atom. The highest BCUT2D eigenvalue weighted by Gasteiger charge is 2.09. The van der Waals surface area contributed by atoms with E-state index >= 15 is 0 Å². The van der Waals surface area contributed by atoms with Crippen molar-refractivity contribution in [2.45, 2.75) is 6.42 Å². The number of aromatic nitrogens is 3. The summed E-state index contributed by atoms with van der Waals surface area (Å²) in [5.41, 5.74) is 13.6. The van der Waals surface area contributed by atoms with Crippen LogP contribution in [0.5, 0.6) is 0 Å². The molecule has 110 valence electrons. The maximum absolute atomic E-state index is 11.1. The Morgan fingerprint density at radius 1 is 1.14 bits per heavy atom. The Morgan fingerprint density at radius 3 is 2.77 bits per heavy atom. The first-order valence-electron chi connectivity index (χ1n) is 6.76. The quantitative estimate of drug-likeness (QED) is 0.762. The lowest BCUT2D eigenvalue weighted by molar-refractivity contribution is -0.117. The van der Waals surface area contributed by atoms with E-state index in [0.717, 1.165) is 22.6 Å². The molecule has 22 heavy (non-hydrogen) atoms. The Bertz CT molecular complexity index is 825. The summed E-state index contributed by atoms with van der Waals surface area (Å²) < 4.78 is 1.93. The molecule has 0 radical (unpaired) electrons. The van der Waals surface area contributed by atoms with Crippen LogP contribution < -0.4 is 11.5 Å². The van der Waals surface area contributed by atoms with Crippen LogP contribution in [0.4, 0.5) is 5.82 Å². The molecule has 3 aromatic rings. The van der Waals surface area contributed by atoms with Gasteiger partial charge in [0, 0.05) is 29.8 Å². The number of pyridine rings is 1. The normalized spacial score (nSPS) is 10.5. The minimum Gasteiger partial charge on any atom is -0.384 e. The van der Waals surface area contributed by atoms with Gasteiger partial charge in [-0.25, -0.2) is 9.97 Å². The predicted octanol–water partition coefficient (Wildman–Crippen LogP) is 1.54. The molecule has 3 rings (SSSR count). The molecule has 1 amide bonds. The average molecular weight is 293 g/mol. The summed E-state index contributed by atoms with van der Waals surface area (Å²) in [6, 6.07) is 11.2. The van der Waals surface area contributed by atoms with Gasteiger partial charge in [-0.2, -0.15) is 0 Å². The summed E-state index contributed by atoms with van der Waals surface area (Å²) >= 11 is 0. The topological polar surface area (TPSA) is 99.8 Å². The SMILES string of the molecule is NC(=O)Cc1cccc(-n2ccnc2-c2ccnc(N)c2)c1. The highest BCUT2D eigenvalue weighted by Crippen LogP contribution is 2.22. The van der Waals surface area contributed by atoms with E-state index in [4.69, 9.17) is 11.5 Å². The lowest BCUT2D eigenvalue weighted by Gasteiger charge is -2.09. The number of nitrogen functional groups attached to an aromatic ring is 1. The molecule has 0 bridgehead atoms. The Balaban J connectivity index is 2.03. The summed E-state index contributed by atoms with van der Waals surface area (Å²) in [5.74, 6) is 0.838. The number of amides is 1. The highest BCUT2D eigenvalue weighted by atomic mass is 16.1. The molecule has 0 atom stereocenters. The molecular formula is C16H15N5O. The van der Waals surface area contributed by atoms with Crippen molar-refractivity contribution in [1.29, 1.82) is 0 Å². The van der Waals surface area contributed by atoms with Crippen molar-refractivity contribution >= 4 is 11.7 Å². The molecule has 6 heteroatoms. The third kappa shape index (κ3) is 2.80. The van der Waals surface area contributed by atoms with Crippen LogP contribution in [0.3, 0.4) is 0 Å². The van der Waals surface area contributed by atoms with Crippen LogP contribution in [0, 0.1) is 0 Å². The lowest BCUT2D eigenvalue weighted by atomic mass is 10.1. The van der Waals surface area contributed by atoms with Crippen LogP contribution in [0.1, 0.15) is 5.56 Å². The Kier molecular flexibility index (Phi) is 3.57. The van der Waals surface area contributed by atoms with Crippen molar-refractivity contribution in [2.75, 3.05) is 5.73 Å². The number of rotatable bonds is 4. The second-order valence-corrected chi connectivity index (χ2v) is 4.90. The number of carbonyl (C=O) groups is 1. The molecule has 0 aliphatic heterocycles. The van der Waals surface area contributed by atoms with Crippen LogP contribution >= 0.6 is 0 Å². The fourth-order valence-electron chi connectivity index (χ4n) is 2.33. The van der Waals surface area contributed by atoms with Crippen molar-refractivity contribution in [3.05, 3.63) is 60.6 Å². The van der Waals surface area contributed by atoms with Gasteiger partial charge in [-0.1, -0.05) is 12.1 Å². The second kappa shape index (κ2) is 5.69. The highest BCUT2D eigenvalue weighted by molar-refractivity contribution is 5.76. The fourth-order valence-corrected chi connectivity index (χ4v) is 2.33. The molecule has 6 nitrogen and oxygen atoms in total. The van der Waals surface area contributed by atoms with Gasteiger partial charge < -0.3 is 11.5 Å². The Labute approximate surface area is 127 Å². The van der Waals surface area contributed by atoms with Gasteiger partial charge in [0.25, 0.3) is 0 Å². The van der Waals surface area contributed by atoms with E-state index in [-0.39, 0.29) is 12.3 Å². The summed E-state index contributed by atoms with van der Waals surface area (Å²) in [4.78, 5) is 19.4. The molecule has 1 aromatic carbocycles. The molecule has 2 heterocycles. The summed E-state index contributed by atoms with van der Waals surface area (Å²) in [5, 5.41) is 0. The number of benzene rings is 1. The van der Waals surface area contributed by atoms with Gasteiger partial charge in [-0.3, -0.25) is 9.36 Å². The molecule has 2 aromatic heterocycles. The molecule has 0 unspecified atom stereocenters. The smallest absolute Gasteiger partial charge is 0.221 e.